The van der Waals surface area contributed by atoms with Gasteiger partial charge in [0.25, 0.3) is 0 Å². The van der Waals surface area contributed by atoms with E-state index >= 15 is 0 Å². The van der Waals surface area contributed by atoms with Crippen LogP contribution in [-0.2, 0) is 4.79 Å². The molecule has 1 aromatic rings. The molecule has 0 aromatic heterocycles. The summed E-state index contributed by atoms with van der Waals surface area (Å²) in [5, 5.41) is 8.84. The molecule has 0 aliphatic heterocycles. The van der Waals surface area contributed by atoms with Crippen LogP contribution in [0.15, 0.2) is 24.3 Å². The van der Waals surface area contributed by atoms with E-state index in [1.165, 1.54) is 0 Å². The number of nitrogens with zero attached hydrogens (tertiary/aromatic N) is 2. The fraction of sp³-hybridized carbons (Fsp3) is 0.500. The van der Waals surface area contributed by atoms with Crippen LogP contribution in [0.2, 0.25) is 0 Å². The first kappa shape index (κ1) is 15.4. The molecule has 0 radical (unpaired) electrons. The molecule has 1 saturated carbocycles. The maximum Gasteiger partial charge on any atom is 0.324 e. The third-order valence-electron chi connectivity index (χ3n) is 3.69. The number of urea groups is 1. The van der Waals surface area contributed by atoms with Crippen molar-refractivity contribution in [3.8, 4) is 0 Å². The van der Waals surface area contributed by atoms with E-state index in [-0.39, 0.29) is 25.0 Å². The third kappa shape index (κ3) is 3.97. The summed E-state index contributed by atoms with van der Waals surface area (Å²) in [6, 6.07) is 7.92. The highest BCUT2D eigenvalue weighted by molar-refractivity contribution is 5.92. The van der Waals surface area contributed by atoms with Gasteiger partial charge in [0.05, 0.1) is 6.42 Å². The van der Waals surface area contributed by atoms with E-state index in [4.69, 9.17) is 5.11 Å². The van der Waals surface area contributed by atoms with E-state index in [0.29, 0.717) is 6.54 Å². The van der Waals surface area contributed by atoms with Crippen molar-refractivity contribution in [1.82, 2.24) is 4.90 Å². The molecule has 0 atom stereocenters. The molecule has 1 N–H and O–H groups in total. The second kappa shape index (κ2) is 6.61. The number of carbonyl (C=O) groups is 2. The van der Waals surface area contributed by atoms with Gasteiger partial charge in [0.15, 0.2) is 0 Å². The van der Waals surface area contributed by atoms with Crippen molar-refractivity contribution >= 4 is 17.7 Å². The molecule has 0 saturated heterocycles. The molecule has 5 heteroatoms. The Kier molecular flexibility index (Phi) is 4.83. The largest absolute Gasteiger partial charge is 0.481 e. The van der Waals surface area contributed by atoms with Gasteiger partial charge in [-0.15, -0.1) is 0 Å². The van der Waals surface area contributed by atoms with Crippen LogP contribution >= 0.6 is 0 Å². The van der Waals surface area contributed by atoms with Crippen LogP contribution < -0.4 is 4.90 Å². The Labute approximate surface area is 125 Å². The van der Waals surface area contributed by atoms with Gasteiger partial charge in [-0.1, -0.05) is 17.7 Å². The standard InChI is InChI=1S/C16H22N2O3/c1-3-17(13-6-4-12(2)5-7-13)16(21)18(14-8-9-14)11-10-15(19)20/h4-7,14H,3,8-11H2,1-2H3,(H,19,20). The molecule has 5 nitrogen and oxygen atoms in total. The maximum absolute atomic E-state index is 12.7. The number of aliphatic carboxylic acids is 1. The zero-order chi connectivity index (χ0) is 15.4. The summed E-state index contributed by atoms with van der Waals surface area (Å²) in [6.45, 7) is 4.78. The summed E-state index contributed by atoms with van der Waals surface area (Å²) < 4.78 is 0. The molecule has 0 spiro atoms. The van der Waals surface area contributed by atoms with Crippen molar-refractivity contribution in [3.05, 3.63) is 29.8 Å². The number of benzene rings is 1. The molecule has 0 bridgehead atoms. The first-order chi connectivity index (χ1) is 10.0. The summed E-state index contributed by atoms with van der Waals surface area (Å²) in [6.07, 6.45) is 1.93. The second-order valence-electron chi connectivity index (χ2n) is 5.43. The number of hydrogen-bond donors (Lipinski definition) is 1. The number of carbonyl (C=O) groups excluding carboxylic acids is 1. The summed E-state index contributed by atoms with van der Waals surface area (Å²) in [4.78, 5) is 26.9. The van der Waals surface area contributed by atoms with E-state index < -0.39 is 5.97 Å². The van der Waals surface area contributed by atoms with Crippen LogP contribution in [0.3, 0.4) is 0 Å². The van der Waals surface area contributed by atoms with Crippen molar-refractivity contribution in [2.45, 2.75) is 39.2 Å². The van der Waals surface area contributed by atoms with Crippen LogP contribution in [0.5, 0.6) is 0 Å². The Morgan fingerprint density at radius 2 is 1.86 bits per heavy atom. The minimum atomic E-state index is -0.869. The number of hydrogen-bond acceptors (Lipinski definition) is 2. The van der Waals surface area contributed by atoms with E-state index in [9.17, 15) is 9.59 Å². The monoisotopic (exact) mass is 290 g/mol. The smallest absolute Gasteiger partial charge is 0.324 e. The highest BCUT2D eigenvalue weighted by Crippen LogP contribution is 2.29. The second-order valence-corrected chi connectivity index (χ2v) is 5.43. The lowest BCUT2D eigenvalue weighted by molar-refractivity contribution is -0.137. The van der Waals surface area contributed by atoms with Gasteiger partial charge < -0.3 is 10.0 Å². The first-order valence-electron chi connectivity index (χ1n) is 7.39. The molecule has 21 heavy (non-hydrogen) atoms. The van der Waals surface area contributed by atoms with Crippen LogP contribution in [0.4, 0.5) is 10.5 Å². The lowest BCUT2D eigenvalue weighted by Gasteiger charge is -2.30. The maximum atomic E-state index is 12.7. The van der Waals surface area contributed by atoms with E-state index in [1.54, 1.807) is 9.80 Å². The zero-order valence-corrected chi connectivity index (χ0v) is 12.6. The Morgan fingerprint density at radius 1 is 1.24 bits per heavy atom. The van der Waals surface area contributed by atoms with Gasteiger partial charge in [-0.2, -0.15) is 0 Å². The molecule has 2 amide bonds. The Morgan fingerprint density at radius 3 is 2.33 bits per heavy atom. The van der Waals surface area contributed by atoms with Gasteiger partial charge >= 0.3 is 12.0 Å². The minimum Gasteiger partial charge on any atom is -0.481 e. The fourth-order valence-corrected chi connectivity index (χ4v) is 2.34. The van der Waals surface area contributed by atoms with E-state index in [2.05, 4.69) is 0 Å². The molecule has 0 heterocycles. The lowest BCUT2D eigenvalue weighted by atomic mass is 10.2. The normalized spacial score (nSPS) is 13.8. The summed E-state index contributed by atoms with van der Waals surface area (Å²) in [7, 11) is 0. The number of carboxylic acid groups (broad SMARTS) is 1. The number of carboxylic acids is 1. The van der Waals surface area contributed by atoms with Crippen LogP contribution in [0.25, 0.3) is 0 Å². The van der Waals surface area contributed by atoms with Crippen molar-refractivity contribution in [1.29, 1.82) is 0 Å². The molecule has 2 rings (SSSR count). The van der Waals surface area contributed by atoms with Crippen molar-refractivity contribution < 1.29 is 14.7 Å². The number of anilines is 1. The minimum absolute atomic E-state index is 0.00626. The summed E-state index contributed by atoms with van der Waals surface area (Å²) in [5.41, 5.74) is 2.00. The predicted octanol–water partition coefficient (Wildman–Crippen LogP) is 2.88. The van der Waals surface area contributed by atoms with E-state index in [1.807, 2.05) is 38.1 Å². The van der Waals surface area contributed by atoms with Gasteiger partial charge in [-0.25, -0.2) is 4.79 Å². The Bertz CT molecular complexity index is 509. The number of rotatable bonds is 6. The SMILES string of the molecule is CCN(C(=O)N(CCC(=O)O)C1CC1)c1ccc(C)cc1. The number of amides is 2. The molecule has 114 valence electrons. The van der Waals surface area contributed by atoms with Gasteiger partial charge in [-0.3, -0.25) is 9.69 Å². The summed E-state index contributed by atoms with van der Waals surface area (Å²) >= 11 is 0. The highest BCUT2D eigenvalue weighted by atomic mass is 16.4. The average molecular weight is 290 g/mol. The molecular weight excluding hydrogens is 268 g/mol. The molecule has 1 fully saturated rings. The molecular formula is C16H22N2O3. The predicted molar refractivity (Wildman–Crippen MR) is 81.6 cm³/mol. The molecule has 1 aliphatic rings. The highest BCUT2D eigenvalue weighted by Gasteiger charge is 2.35. The lowest BCUT2D eigenvalue weighted by Crippen LogP contribution is -2.45. The van der Waals surface area contributed by atoms with Gasteiger partial charge in [-0.05, 0) is 38.8 Å². The van der Waals surface area contributed by atoms with Gasteiger partial charge in [0, 0.05) is 24.8 Å². The van der Waals surface area contributed by atoms with Crippen molar-refractivity contribution in [3.63, 3.8) is 0 Å². The zero-order valence-electron chi connectivity index (χ0n) is 12.6. The molecule has 1 aromatic carbocycles. The van der Waals surface area contributed by atoms with Crippen LogP contribution in [0.1, 0.15) is 31.7 Å². The molecule has 0 unspecified atom stereocenters. The van der Waals surface area contributed by atoms with Crippen LogP contribution in [0, 0.1) is 6.92 Å². The Balaban J connectivity index is 2.12. The third-order valence-corrected chi connectivity index (χ3v) is 3.69. The number of aryl methyl sites for hydroxylation is 1. The average Bonchev–Trinajstić information content (AvgIpc) is 3.26. The first-order valence-corrected chi connectivity index (χ1v) is 7.39. The van der Waals surface area contributed by atoms with Crippen molar-refractivity contribution in [2.24, 2.45) is 0 Å². The molecule has 1 aliphatic carbocycles. The van der Waals surface area contributed by atoms with Gasteiger partial charge in [0.2, 0.25) is 0 Å². The van der Waals surface area contributed by atoms with Gasteiger partial charge in [0.1, 0.15) is 0 Å². The van der Waals surface area contributed by atoms with Crippen molar-refractivity contribution in [2.75, 3.05) is 18.0 Å². The quantitative estimate of drug-likeness (QED) is 0.876. The summed E-state index contributed by atoms with van der Waals surface area (Å²) in [5.74, 6) is -0.869. The van der Waals surface area contributed by atoms with E-state index in [0.717, 1.165) is 24.1 Å². The Hall–Kier alpha value is -2.04. The fourth-order valence-electron chi connectivity index (χ4n) is 2.34. The topological polar surface area (TPSA) is 60.9 Å². The van der Waals surface area contributed by atoms with Crippen LogP contribution in [-0.4, -0.2) is 41.1 Å².